The van der Waals surface area contributed by atoms with Crippen molar-refractivity contribution in [2.24, 2.45) is 5.41 Å². The molecule has 322 valence electrons. The first-order valence-corrected chi connectivity index (χ1v) is 20.2. The molecule has 1 aliphatic rings. The van der Waals surface area contributed by atoms with E-state index >= 15 is 0 Å². The smallest absolute Gasteiger partial charge is 0.491 e. The second-order valence-corrected chi connectivity index (χ2v) is 16.2. The second-order valence-electron chi connectivity index (χ2n) is 15.4. The Morgan fingerprint density at radius 3 is 2.38 bits per heavy atom. The van der Waals surface area contributed by atoms with E-state index in [4.69, 9.17) is 9.47 Å². The average molecular weight is 862 g/mol. The highest BCUT2D eigenvalue weighted by Gasteiger charge is 2.44. The number of carbonyl (C=O) groups is 3. The molecule has 1 fully saturated rings. The SMILES string of the molecule is Cc1ncsc1-c1ccc(CNC(=O)[C@@H]2C[C@@H](O)CN2C(=O)C(NC(=O)COCCOc2cccc(-c3cc(Nc4ccc(OC(F)(F)F)cc4)ncn3)c2)C(C)(C)C)cc1. The number of anilines is 2. The van der Waals surface area contributed by atoms with Crippen molar-refractivity contribution >= 4 is 40.6 Å². The molecule has 1 saturated heterocycles. The van der Waals surface area contributed by atoms with Gasteiger partial charge in [-0.2, -0.15) is 0 Å². The Bertz CT molecular complexity index is 2290. The minimum absolute atomic E-state index is 0.0475. The zero-order valence-electron chi connectivity index (χ0n) is 33.9. The van der Waals surface area contributed by atoms with Gasteiger partial charge in [-0.1, -0.05) is 57.2 Å². The molecular formula is C43H46F3N7O7S. The minimum atomic E-state index is -4.79. The van der Waals surface area contributed by atoms with E-state index < -0.39 is 47.7 Å². The number of hydrogen-bond acceptors (Lipinski definition) is 12. The number of alkyl halides is 3. The highest BCUT2D eigenvalue weighted by Crippen LogP contribution is 2.30. The minimum Gasteiger partial charge on any atom is -0.491 e. The number of benzene rings is 3. The predicted molar refractivity (Wildman–Crippen MR) is 222 cm³/mol. The van der Waals surface area contributed by atoms with Gasteiger partial charge in [0.25, 0.3) is 0 Å². The van der Waals surface area contributed by atoms with Gasteiger partial charge in [0.15, 0.2) is 0 Å². The first-order valence-electron chi connectivity index (χ1n) is 19.3. The number of carbonyl (C=O) groups excluding carboxylic acids is 3. The summed E-state index contributed by atoms with van der Waals surface area (Å²) in [7, 11) is 0. The maximum Gasteiger partial charge on any atom is 0.573 e. The molecule has 0 spiro atoms. The van der Waals surface area contributed by atoms with Crippen LogP contribution in [0.25, 0.3) is 21.7 Å². The van der Waals surface area contributed by atoms with Gasteiger partial charge in [-0.15, -0.1) is 24.5 Å². The maximum absolute atomic E-state index is 14.0. The first-order chi connectivity index (χ1) is 29.0. The summed E-state index contributed by atoms with van der Waals surface area (Å²) in [6, 6.07) is 19.9. The van der Waals surface area contributed by atoms with Gasteiger partial charge in [0.05, 0.1) is 34.5 Å². The quantitative estimate of drug-likeness (QED) is 0.0806. The van der Waals surface area contributed by atoms with Gasteiger partial charge < -0.3 is 40.2 Å². The molecule has 1 unspecified atom stereocenters. The number of halogens is 3. The summed E-state index contributed by atoms with van der Waals surface area (Å²) in [5.74, 6) is -0.852. The van der Waals surface area contributed by atoms with Gasteiger partial charge >= 0.3 is 6.36 Å². The Balaban J connectivity index is 0.964. The Morgan fingerprint density at radius 2 is 1.69 bits per heavy atom. The van der Waals surface area contributed by atoms with Crippen molar-refractivity contribution < 1.29 is 46.9 Å². The molecule has 18 heteroatoms. The third kappa shape index (κ3) is 12.5. The third-order valence-electron chi connectivity index (χ3n) is 9.60. The zero-order chi connectivity index (χ0) is 43.7. The number of β-amino-alcohol motifs (C(OH)–C–C–N with tert-alkyl or cyclic N) is 1. The van der Waals surface area contributed by atoms with Crippen molar-refractivity contribution in [3.63, 3.8) is 0 Å². The van der Waals surface area contributed by atoms with Gasteiger partial charge in [0, 0.05) is 36.8 Å². The number of aliphatic hydroxyl groups excluding tert-OH is 1. The highest BCUT2D eigenvalue weighted by molar-refractivity contribution is 7.13. The Hall–Kier alpha value is -6.11. The molecule has 0 bridgehead atoms. The van der Waals surface area contributed by atoms with Crippen LogP contribution in [-0.4, -0.2) is 93.6 Å². The van der Waals surface area contributed by atoms with Crippen molar-refractivity contribution in [3.05, 3.63) is 102 Å². The Morgan fingerprint density at radius 1 is 0.934 bits per heavy atom. The fourth-order valence-electron chi connectivity index (χ4n) is 6.58. The lowest BCUT2D eigenvalue weighted by atomic mass is 9.85. The van der Waals surface area contributed by atoms with Crippen LogP contribution in [0.3, 0.4) is 0 Å². The largest absolute Gasteiger partial charge is 0.573 e. The number of aliphatic hydroxyl groups is 1. The topological polar surface area (TPSA) is 177 Å². The van der Waals surface area contributed by atoms with E-state index in [0.717, 1.165) is 21.7 Å². The molecule has 3 heterocycles. The molecular weight excluding hydrogens is 816 g/mol. The van der Waals surface area contributed by atoms with Crippen LogP contribution < -0.4 is 25.4 Å². The van der Waals surface area contributed by atoms with Crippen molar-refractivity contribution in [1.82, 2.24) is 30.5 Å². The van der Waals surface area contributed by atoms with Crippen molar-refractivity contribution in [2.75, 3.05) is 31.7 Å². The molecule has 14 nitrogen and oxygen atoms in total. The molecule has 61 heavy (non-hydrogen) atoms. The molecule has 2 aromatic heterocycles. The number of ether oxygens (including phenoxy) is 3. The predicted octanol–water partition coefficient (Wildman–Crippen LogP) is 6.42. The Labute approximate surface area is 354 Å². The lowest BCUT2D eigenvalue weighted by molar-refractivity contribution is -0.274. The average Bonchev–Trinajstić information content (AvgIpc) is 3.84. The molecule has 5 aromatic rings. The number of hydrogen-bond donors (Lipinski definition) is 4. The van der Waals surface area contributed by atoms with Crippen LogP contribution in [0.1, 0.15) is 38.4 Å². The first kappa shape index (κ1) is 44.4. The summed E-state index contributed by atoms with van der Waals surface area (Å²) in [5, 5.41) is 19.2. The third-order valence-corrected chi connectivity index (χ3v) is 10.6. The van der Waals surface area contributed by atoms with Gasteiger partial charge in [-0.05, 0) is 59.9 Å². The van der Waals surface area contributed by atoms with E-state index in [0.29, 0.717) is 28.5 Å². The van der Waals surface area contributed by atoms with E-state index in [9.17, 15) is 32.7 Å². The van der Waals surface area contributed by atoms with Crippen LogP contribution in [0.2, 0.25) is 0 Å². The molecule has 3 atom stereocenters. The van der Waals surface area contributed by atoms with E-state index in [1.165, 1.54) is 35.5 Å². The lowest BCUT2D eigenvalue weighted by Gasteiger charge is -2.35. The van der Waals surface area contributed by atoms with Crippen LogP contribution in [0.4, 0.5) is 24.7 Å². The number of aryl methyl sites for hydroxylation is 1. The summed E-state index contributed by atoms with van der Waals surface area (Å²) in [4.78, 5) is 55.7. The number of aromatic nitrogens is 3. The lowest BCUT2D eigenvalue weighted by Crippen LogP contribution is -2.58. The van der Waals surface area contributed by atoms with Crippen LogP contribution in [0.15, 0.2) is 90.7 Å². The number of nitrogens with one attached hydrogen (secondary N) is 3. The van der Waals surface area contributed by atoms with Crippen molar-refractivity contribution in [2.45, 2.75) is 65.2 Å². The summed E-state index contributed by atoms with van der Waals surface area (Å²) < 4.78 is 52.8. The van der Waals surface area contributed by atoms with Crippen molar-refractivity contribution in [1.29, 1.82) is 0 Å². The summed E-state index contributed by atoms with van der Waals surface area (Å²) >= 11 is 1.56. The summed E-state index contributed by atoms with van der Waals surface area (Å²) in [6.45, 7) is 7.33. The second kappa shape index (κ2) is 19.5. The Kier molecular flexibility index (Phi) is 14.2. The molecule has 3 aromatic carbocycles. The number of nitrogens with zero attached hydrogens (tertiary/aromatic N) is 4. The molecule has 4 N–H and O–H groups in total. The molecule has 0 radical (unpaired) electrons. The molecule has 0 saturated carbocycles. The van der Waals surface area contributed by atoms with Gasteiger partial charge in [0.1, 0.15) is 48.9 Å². The number of likely N-dealkylation sites (tertiary alicyclic amines) is 1. The van der Waals surface area contributed by atoms with Crippen LogP contribution in [0.5, 0.6) is 11.5 Å². The highest BCUT2D eigenvalue weighted by atomic mass is 32.1. The molecule has 0 aliphatic carbocycles. The number of rotatable bonds is 16. The van der Waals surface area contributed by atoms with Crippen molar-refractivity contribution in [3.8, 4) is 33.2 Å². The molecule has 3 amide bonds. The van der Waals surface area contributed by atoms with Gasteiger partial charge in [-0.25, -0.2) is 15.0 Å². The molecule has 1 aliphatic heterocycles. The number of thiazole rings is 1. The normalized spacial score (nSPS) is 15.8. The summed E-state index contributed by atoms with van der Waals surface area (Å²) in [5.41, 5.74) is 5.65. The van der Waals surface area contributed by atoms with Crippen LogP contribution in [0, 0.1) is 12.3 Å². The van der Waals surface area contributed by atoms with Gasteiger partial charge in [0.2, 0.25) is 17.7 Å². The fourth-order valence-corrected chi connectivity index (χ4v) is 7.39. The van der Waals surface area contributed by atoms with E-state index in [-0.39, 0.29) is 45.1 Å². The van der Waals surface area contributed by atoms with Crippen LogP contribution in [-0.2, 0) is 25.7 Å². The zero-order valence-corrected chi connectivity index (χ0v) is 34.7. The maximum atomic E-state index is 14.0. The van der Waals surface area contributed by atoms with E-state index in [1.54, 1.807) is 61.9 Å². The number of amides is 3. The molecule has 6 rings (SSSR count). The van der Waals surface area contributed by atoms with Crippen LogP contribution >= 0.6 is 11.3 Å². The monoisotopic (exact) mass is 861 g/mol. The standard InChI is InChI=1S/C43H46F3N7O7S/c1-26-38(61-25-50-26)28-10-8-27(9-11-28)21-47-40(56)35-19-31(54)22-53(35)41(57)39(42(2,3)4)52-37(55)23-58-16-17-59-33-7-5-6-29(18-33)34-20-36(49-24-48-34)51-30-12-14-32(15-13-30)60-43(44,45)46/h5-15,18,20,24-25,31,35,39,54H,16-17,19,21-23H2,1-4H3,(H,47,56)(H,52,55)(H,48,49,51)/t31-,35+,39?/m1/s1. The van der Waals surface area contributed by atoms with E-state index in [1.807, 2.05) is 37.3 Å². The summed E-state index contributed by atoms with van der Waals surface area (Å²) in [6.07, 6.45) is -4.27. The van der Waals surface area contributed by atoms with E-state index in [2.05, 4.69) is 35.6 Å². The van der Waals surface area contributed by atoms with Gasteiger partial charge in [-0.3, -0.25) is 14.4 Å². The fraction of sp³-hybridized carbons (Fsp3) is 0.349.